The molecule has 0 spiro atoms. The third-order valence-electron chi connectivity index (χ3n) is 5.39. The second kappa shape index (κ2) is 8.89. The van der Waals surface area contributed by atoms with Crippen LogP contribution >= 0.6 is 0 Å². The lowest BCUT2D eigenvalue weighted by Gasteiger charge is -2.43. The molecule has 1 amide bonds. The van der Waals surface area contributed by atoms with Gasteiger partial charge >= 0.3 is 0 Å². The summed E-state index contributed by atoms with van der Waals surface area (Å²) in [5.41, 5.74) is 0. The van der Waals surface area contributed by atoms with Crippen LogP contribution in [0.4, 0.5) is 0 Å². The lowest BCUT2D eigenvalue weighted by molar-refractivity contribution is -0.121. The highest BCUT2D eigenvalue weighted by atomic mass is 28.4. The van der Waals surface area contributed by atoms with E-state index in [1.807, 2.05) is 12.1 Å². The third kappa shape index (κ3) is 4.45. The van der Waals surface area contributed by atoms with Crippen LogP contribution < -0.4 is 15.7 Å². The maximum absolute atomic E-state index is 12.1. The van der Waals surface area contributed by atoms with Gasteiger partial charge < -0.3 is 9.74 Å². The van der Waals surface area contributed by atoms with Crippen molar-refractivity contribution in [1.29, 1.82) is 0 Å². The molecular formula is C24H31NO2Si. The van der Waals surface area contributed by atoms with Gasteiger partial charge in [-0.05, 0) is 28.3 Å². The molecule has 148 valence electrons. The highest BCUT2D eigenvalue weighted by Crippen LogP contribution is 2.36. The molecule has 0 aromatic heterocycles. The molecule has 28 heavy (non-hydrogen) atoms. The number of amides is 1. The number of allylic oxidation sites excluding steroid dienone is 1. The zero-order valence-corrected chi connectivity index (χ0v) is 18.2. The monoisotopic (exact) mass is 393 g/mol. The van der Waals surface area contributed by atoms with Crippen LogP contribution in [0.1, 0.15) is 40.0 Å². The molecule has 0 radical (unpaired) electrons. The predicted molar refractivity (Wildman–Crippen MR) is 118 cm³/mol. The van der Waals surface area contributed by atoms with Crippen LogP contribution in [-0.2, 0) is 9.22 Å². The van der Waals surface area contributed by atoms with E-state index in [1.165, 1.54) is 10.4 Å². The van der Waals surface area contributed by atoms with Gasteiger partial charge in [0.25, 0.3) is 8.32 Å². The van der Waals surface area contributed by atoms with Gasteiger partial charge in [0.15, 0.2) is 0 Å². The molecule has 2 aromatic rings. The highest BCUT2D eigenvalue weighted by Gasteiger charge is 2.50. The van der Waals surface area contributed by atoms with E-state index < -0.39 is 8.32 Å². The van der Waals surface area contributed by atoms with Crippen molar-refractivity contribution in [1.82, 2.24) is 5.32 Å². The van der Waals surface area contributed by atoms with Crippen molar-refractivity contribution < 1.29 is 9.22 Å². The summed E-state index contributed by atoms with van der Waals surface area (Å²) in [6.45, 7) is 7.29. The maximum Gasteiger partial charge on any atom is 0.261 e. The number of carbonyl (C=O) groups is 1. The molecule has 1 aliphatic heterocycles. The van der Waals surface area contributed by atoms with Crippen LogP contribution in [0.25, 0.3) is 0 Å². The molecule has 0 unspecified atom stereocenters. The Morgan fingerprint density at radius 3 is 2.11 bits per heavy atom. The molecule has 0 fully saturated rings. The van der Waals surface area contributed by atoms with Crippen LogP contribution in [-0.4, -0.2) is 26.9 Å². The molecule has 1 N–H and O–H groups in total. The summed E-state index contributed by atoms with van der Waals surface area (Å²) >= 11 is 0. The van der Waals surface area contributed by atoms with E-state index in [0.29, 0.717) is 13.0 Å². The molecule has 3 rings (SSSR count). The fourth-order valence-electron chi connectivity index (χ4n) is 4.04. The Morgan fingerprint density at radius 1 is 1.00 bits per heavy atom. The SMILES string of the molecule is CC(C)(C)[Si](OC[C@H]1/C=C\CCCC(=O)N1)(c1ccccc1)c1ccccc1. The van der Waals surface area contributed by atoms with Gasteiger partial charge in [0.2, 0.25) is 5.91 Å². The second-order valence-electron chi connectivity index (χ2n) is 8.47. The molecule has 0 aliphatic carbocycles. The van der Waals surface area contributed by atoms with E-state index in [-0.39, 0.29) is 17.0 Å². The standard InChI is InChI=1S/C24H31NO2Si/c1-24(2,3)28(21-14-8-5-9-15-21,22-16-10-6-11-17-22)27-19-20-13-7-4-12-18-23(26)25-20/h5-11,13-17,20H,4,12,18-19H2,1-3H3,(H,25,26)/b13-7-/t20-/m1/s1. The van der Waals surface area contributed by atoms with Gasteiger partial charge in [-0.2, -0.15) is 0 Å². The molecule has 4 heteroatoms. The minimum Gasteiger partial charge on any atom is -0.405 e. The molecule has 2 aromatic carbocycles. The Hall–Kier alpha value is -2.17. The van der Waals surface area contributed by atoms with Crippen LogP contribution in [0.5, 0.6) is 0 Å². The fourth-order valence-corrected chi connectivity index (χ4v) is 8.63. The fraction of sp³-hybridized carbons (Fsp3) is 0.375. The summed E-state index contributed by atoms with van der Waals surface area (Å²) in [6.07, 6.45) is 6.70. The van der Waals surface area contributed by atoms with Crippen molar-refractivity contribution in [2.45, 2.75) is 51.1 Å². The van der Waals surface area contributed by atoms with E-state index in [9.17, 15) is 4.79 Å². The normalized spacial score (nSPS) is 19.4. The lowest BCUT2D eigenvalue weighted by Crippen LogP contribution is -2.67. The van der Waals surface area contributed by atoms with Crippen LogP contribution in [0.15, 0.2) is 72.8 Å². The summed E-state index contributed by atoms with van der Waals surface area (Å²) in [5.74, 6) is 0.111. The smallest absolute Gasteiger partial charge is 0.261 e. The first-order chi connectivity index (χ1) is 13.4. The van der Waals surface area contributed by atoms with E-state index in [0.717, 1.165) is 12.8 Å². The quantitative estimate of drug-likeness (QED) is 0.620. The van der Waals surface area contributed by atoms with Gasteiger partial charge in [-0.1, -0.05) is 93.6 Å². The average Bonchev–Trinajstić information content (AvgIpc) is 2.66. The van der Waals surface area contributed by atoms with E-state index in [4.69, 9.17) is 4.43 Å². The minimum atomic E-state index is -2.57. The molecule has 1 aliphatic rings. The van der Waals surface area contributed by atoms with Crippen molar-refractivity contribution >= 4 is 24.6 Å². The van der Waals surface area contributed by atoms with Gasteiger partial charge in [-0.3, -0.25) is 4.79 Å². The summed E-state index contributed by atoms with van der Waals surface area (Å²) in [7, 11) is -2.57. The van der Waals surface area contributed by atoms with E-state index in [1.54, 1.807) is 0 Å². The first-order valence-electron chi connectivity index (χ1n) is 10.1. The van der Waals surface area contributed by atoms with E-state index in [2.05, 4.69) is 86.8 Å². The number of benzene rings is 2. The molecule has 0 bridgehead atoms. The molecule has 1 heterocycles. The molecule has 1 atom stereocenters. The average molecular weight is 394 g/mol. The van der Waals surface area contributed by atoms with Crippen LogP contribution in [0.2, 0.25) is 5.04 Å². The third-order valence-corrected chi connectivity index (χ3v) is 10.4. The van der Waals surface area contributed by atoms with Crippen LogP contribution in [0, 0.1) is 0 Å². The summed E-state index contributed by atoms with van der Waals surface area (Å²) in [5, 5.41) is 5.57. The Bertz CT molecular complexity index is 757. The number of carbonyl (C=O) groups excluding carboxylic acids is 1. The van der Waals surface area contributed by atoms with Gasteiger partial charge in [-0.15, -0.1) is 0 Å². The summed E-state index contributed by atoms with van der Waals surface area (Å²) in [6, 6.07) is 21.1. The molecule has 0 saturated heterocycles. The second-order valence-corrected chi connectivity index (χ2v) is 12.8. The number of hydrogen-bond donors (Lipinski definition) is 1. The van der Waals surface area contributed by atoms with Crippen molar-refractivity contribution in [2.75, 3.05) is 6.61 Å². The number of rotatable bonds is 5. The highest BCUT2D eigenvalue weighted by molar-refractivity contribution is 6.99. The van der Waals surface area contributed by atoms with Crippen molar-refractivity contribution in [2.24, 2.45) is 0 Å². The van der Waals surface area contributed by atoms with Gasteiger partial charge in [0.05, 0.1) is 12.6 Å². The van der Waals surface area contributed by atoms with Crippen molar-refractivity contribution in [3.8, 4) is 0 Å². The Balaban J connectivity index is 2.01. The molecular weight excluding hydrogens is 362 g/mol. The summed E-state index contributed by atoms with van der Waals surface area (Å²) in [4.78, 5) is 12.1. The van der Waals surface area contributed by atoms with Crippen molar-refractivity contribution in [3.05, 3.63) is 72.8 Å². The van der Waals surface area contributed by atoms with Gasteiger partial charge in [-0.25, -0.2) is 0 Å². The zero-order valence-electron chi connectivity index (χ0n) is 17.2. The van der Waals surface area contributed by atoms with Crippen molar-refractivity contribution in [3.63, 3.8) is 0 Å². The Morgan fingerprint density at radius 2 is 1.57 bits per heavy atom. The Kier molecular flexibility index (Phi) is 6.52. The van der Waals surface area contributed by atoms with E-state index >= 15 is 0 Å². The first kappa shape index (κ1) is 20.6. The molecule has 3 nitrogen and oxygen atoms in total. The summed E-state index contributed by atoms with van der Waals surface area (Å²) < 4.78 is 6.92. The predicted octanol–water partition coefficient (Wildman–Crippen LogP) is 3.79. The topological polar surface area (TPSA) is 38.3 Å². The Labute approximate surface area is 170 Å². The maximum atomic E-state index is 12.1. The number of nitrogens with one attached hydrogen (secondary N) is 1. The van der Waals surface area contributed by atoms with Gasteiger partial charge in [0.1, 0.15) is 0 Å². The zero-order chi connectivity index (χ0) is 20.0. The van der Waals surface area contributed by atoms with Gasteiger partial charge in [0, 0.05) is 6.42 Å². The lowest BCUT2D eigenvalue weighted by atomic mass is 10.1. The minimum absolute atomic E-state index is 0.0644. The number of hydrogen-bond acceptors (Lipinski definition) is 2. The molecule has 0 saturated carbocycles. The first-order valence-corrected chi connectivity index (χ1v) is 12.1. The van der Waals surface area contributed by atoms with Crippen LogP contribution in [0.3, 0.4) is 0 Å². The largest absolute Gasteiger partial charge is 0.405 e.